The number of imidazole rings is 2. The fourth-order valence-electron chi connectivity index (χ4n) is 3.47. The standard InChI is InChI=1S/C20H21FN6/c1-3-5-15-16(24-13-27-12-23-14(2)19(15)27)8-10-26-11-9-22-20(26)17-6-4-7-18(21)25-17/h4,6-7,9,11-13H,3,5,8,10H2,1-2H3. The minimum Gasteiger partial charge on any atom is -0.329 e. The van der Waals surface area contributed by atoms with Crippen LogP contribution in [-0.2, 0) is 19.4 Å². The van der Waals surface area contributed by atoms with Gasteiger partial charge in [-0.05, 0) is 31.0 Å². The second kappa shape index (κ2) is 7.26. The normalized spacial score (nSPS) is 11.4. The maximum atomic E-state index is 13.5. The molecular weight excluding hydrogens is 343 g/mol. The molecule has 0 aliphatic carbocycles. The highest BCUT2D eigenvalue weighted by Crippen LogP contribution is 2.21. The van der Waals surface area contributed by atoms with Gasteiger partial charge in [-0.1, -0.05) is 19.4 Å². The lowest BCUT2D eigenvalue weighted by Crippen LogP contribution is -2.08. The number of fused-ring (bicyclic) bond motifs is 1. The Hall–Kier alpha value is -3.09. The van der Waals surface area contributed by atoms with E-state index < -0.39 is 5.95 Å². The molecule has 138 valence electrons. The van der Waals surface area contributed by atoms with Crippen molar-refractivity contribution < 1.29 is 4.39 Å². The summed E-state index contributed by atoms with van der Waals surface area (Å²) in [6.45, 7) is 4.89. The Balaban J connectivity index is 1.64. The minimum absolute atomic E-state index is 0.504. The Labute approximate surface area is 156 Å². The first-order valence-electron chi connectivity index (χ1n) is 9.11. The van der Waals surface area contributed by atoms with Crippen molar-refractivity contribution in [1.29, 1.82) is 0 Å². The smallest absolute Gasteiger partial charge is 0.213 e. The van der Waals surface area contributed by atoms with E-state index in [2.05, 4.69) is 26.9 Å². The molecule has 27 heavy (non-hydrogen) atoms. The second-order valence-electron chi connectivity index (χ2n) is 6.55. The van der Waals surface area contributed by atoms with Gasteiger partial charge in [0.15, 0.2) is 5.82 Å². The lowest BCUT2D eigenvalue weighted by atomic mass is 10.0. The quantitative estimate of drug-likeness (QED) is 0.490. The summed E-state index contributed by atoms with van der Waals surface area (Å²) < 4.78 is 17.5. The molecule has 0 saturated heterocycles. The Morgan fingerprint density at radius 3 is 2.74 bits per heavy atom. The van der Waals surface area contributed by atoms with Crippen LogP contribution in [-0.4, -0.2) is 28.9 Å². The van der Waals surface area contributed by atoms with Crippen molar-refractivity contribution in [3.63, 3.8) is 0 Å². The van der Waals surface area contributed by atoms with Crippen molar-refractivity contribution in [2.45, 2.75) is 39.7 Å². The predicted octanol–water partition coefficient (Wildman–Crippen LogP) is 3.63. The molecule has 0 aromatic carbocycles. The average molecular weight is 364 g/mol. The topological polar surface area (TPSA) is 60.9 Å². The van der Waals surface area contributed by atoms with Gasteiger partial charge in [0, 0.05) is 31.1 Å². The van der Waals surface area contributed by atoms with E-state index in [9.17, 15) is 4.39 Å². The molecule has 4 rings (SSSR count). The van der Waals surface area contributed by atoms with Crippen molar-refractivity contribution in [2.24, 2.45) is 0 Å². The maximum absolute atomic E-state index is 13.5. The first-order chi connectivity index (χ1) is 13.2. The third-order valence-electron chi connectivity index (χ3n) is 4.70. The summed E-state index contributed by atoms with van der Waals surface area (Å²) in [6, 6.07) is 4.75. The molecule has 0 aliphatic rings. The van der Waals surface area contributed by atoms with Crippen LogP contribution in [0.5, 0.6) is 0 Å². The van der Waals surface area contributed by atoms with Crippen molar-refractivity contribution in [1.82, 2.24) is 28.9 Å². The second-order valence-corrected chi connectivity index (χ2v) is 6.55. The van der Waals surface area contributed by atoms with Gasteiger partial charge in [-0.15, -0.1) is 0 Å². The van der Waals surface area contributed by atoms with Gasteiger partial charge >= 0.3 is 0 Å². The number of rotatable bonds is 6. The van der Waals surface area contributed by atoms with E-state index in [0.717, 1.165) is 36.2 Å². The summed E-state index contributed by atoms with van der Waals surface area (Å²) in [5.74, 6) is 0.156. The molecule has 0 spiro atoms. The van der Waals surface area contributed by atoms with E-state index >= 15 is 0 Å². The van der Waals surface area contributed by atoms with Crippen molar-refractivity contribution in [3.05, 3.63) is 66.1 Å². The number of aryl methyl sites for hydroxylation is 4. The molecule has 6 nitrogen and oxygen atoms in total. The van der Waals surface area contributed by atoms with Gasteiger partial charge in [0.05, 0.1) is 11.2 Å². The summed E-state index contributed by atoms with van der Waals surface area (Å²) in [4.78, 5) is 17.4. The molecule has 0 aliphatic heterocycles. The van der Waals surface area contributed by atoms with Crippen LogP contribution in [0.1, 0.15) is 30.3 Å². The molecule has 0 unspecified atom stereocenters. The summed E-state index contributed by atoms with van der Waals surface area (Å²) in [6.07, 6.45) is 10.0. The van der Waals surface area contributed by atoms with Crippen LogP contribution < -0.4 is 0 Å². The number of aromatic nitrogens is 6. The van der Waals surface area contributed by atoms with Crippen LogP contribution in [0.2, 0.25) is 0 Å². The molecule has 0 saturated carbocycles. The first-order valence-corrected chi connectivity index (χ1v) is 9.11. The van der Waals surface area contributed by atoms with Gasteiger partial charge in [0.25, 0.3) is 0 Å². The number of nitrogens with zero attached hydrogens (tertiary/aromatic N) is 6. The van der Waals surface area contributed by atoms with Crippen LogP contribution >= 0.6 is 0 Å². The van der Waals surface area contributed by atoms with E-state index in [-0.39, 0.29) is 0 Å². The molecule has 4 heterocycles. The molecule has 0 radical (unpaired) electrons. The van der Waals surface area contributed by atoms with Gasteiger partial charge in [-0.3, -0.25) is 4.40 Å². The molecule has 0 bridgehead atoms. The van der Waals surface area contributed by atoms with Gasteiger partial charge in [-0.25, -0.2) is 19.9 Å². The number of hydrogen-bond donors (Lipinski definition) is 0. The van der Waals surface area contributed by atoms with Gasteiger partial charge in [0.2, 0.25) is 5.95 Å². The molecule has 4 aromatic rings. The summed E-state index contributed by atoms with van der Waals surface area (Å²) >= 11 is 0. The zero-order valence-electron chi connectivity index (χ0n) is 15.4. The molecule has 4 aromatic heterocycles. The first kappa shape index (κ1) is 17.3. The monoisotopic (exact) mass is 364 g/mol. The van der Waals surface area contributed by atoms with E-state index in [4.69, 9.17) is 0 Å². The molecule has 7 heteroatoms. The van der Waals surface area contributed by atoms with Crippen LogP contribution in [0.25, 0.3) is 17.0 Å². The Morgan fingerprint density at radius 1 is 1.07 bits per heavy atom. The number of hydrogen-bond acceptors (Lipinski definition) is 4. The highest BCUT2D eigenvalue weighted by atomic mass is 19.1. The number of pyridine rings is 1. The van der Waals surface area contributed by atoms with Crippen molar-refractivity contribution in [2.75, 3.05) is 0 Å². The van der Waals surface area contributed by atoms with Gasteiger partial charge in [0.1, 0.15) is 18.3 Å². The largest absolute Gasteiger partial charge is 0.329 e. The molecule has 0 atom stereocenters. The lowest BCUT2D eigenvalue weighted by molar-refractivity contribution is 0.583. The highest BCUT2D eigenvalue weighted by molar-refractivity contribution is 5.60. The van der Waals surface area contributed by atoms with E-state index in [1.54, 1.807) is 18.3 Å². The fourth-order valence-corrected chi connectivity index (χ4v) is 3.47. The molecule has 0 amide bonds. The Bertz CT molecular complexity index is 1080. The third kappa shape index (κ3) is 3.32. The Kier molecular flexibility index (Phi) is 4.66. The van der Waals surface area contributed by atoms with Crippen LogP contribution in [0.3, 0.4) is 0 Å². The maximum Gasteiger partial charge on any atom is 0.213 e. The zero-order valence-corrected chi connectivity index (χ0v) is 15.4. The summed E-state index contributed by atoms with van der Waals surface area (Å²) in [5, 5.41) is 0. The van der Waals surface area contributed by atoms with Crippen molar-refractivity contribution >= 4 is 5.52 Å². The van der Waals surface area contributed by atoms with E-state index in [1.165, 1.54) is 11.6 Å². The van der Waals surface area contributed by atoms with Crippen LogP contribution in [0.15, 0.2) is 43.2 Å². The van der Waals surface area contributed by atoms with E-state index in [1.807, 2.05) is 34.7 Å². The minimum atomic E-state index is -0.504. The highest BCUT2D eigenvalue weighted by Gasteiger charge is 2.14. The Morgan fingerprint density at radius 2 is 1.93 bits per heavy atom. The van der Waals surface area contributed by atoms with E-state index in [0.29, 0.717) is 18.1 Å². The zero-order chi connectivity index (χ0) is 18.8. The van der Waals surface area contributed by atoms with Crippen molar-refractivity contribution in [3.8, 4) is 11.5 Å². The predicted molar refractivity (Wildman–Crippen MR) is 101 cm³/mol. The van der Waals surface area contributed by atoms with Crippen LogP contribution in [0.4, 0.5) is 4.39 Å². The molecular formula is C20H21FN6. The van der Waals surface area contributed by atoms with Gasteiger partial charge in [-0.2, -0.15) is 4.39 Å². The number of halogens is 1. The fraction of sp³-hybridized carbons (Fsp3) is 0.300. The lowest BCUT2D eigenvalue weighted by Gasteiger charge is -2.12. The summed E-state index contributed by atoms with van der Waals surface area (Å²) in [7, 11) is 0. The molecule has 0 N–H and O–H groups in total. The SMILES string of the molecule is CCCc1c(CCn2ccnc2-c2cccc(F)n2)ncn2cnc(C)c12. The summed E-state index contributed by atoms with van der Waals surface area (Å²) in [5.41, 5.74) is 5.03. The third-order valence-corrected chi connectivity index (χ3v) is 4.70. The van der Waals surface area contributed by atoms with Crippen LogP contribution in [0, 0.1) is 12.9 Å². The molecule has 0 fully saturated rings. The average Bonchev–Trinajstić information content (AvgIpc) is 3.28. The van der Waals surface area contributed by atoms with Gasteiger partial charge < -0.3 is 4.57 Å².